The number of nitrogens with zero attached hydrogens (tertiary/aromatic N) is 2. The third kappa shape index (κ3) is 4.09. The van der Waals surface area contributed by atoms with E-state index in [1.807, 2.05) is 42.5 Å². The van der Waals surface area contributed by atoms with Gasteiger partial charge in [0.1, 0.15) is 17.1 Å². The lowest BCUT2D eigenvalue weighted by molar-refractivity contribution is -0.118. The van der Waals surface area contributed by atoms with Crippen LogP contribution in [0.1, 0.15) is 25.3 Å². The maximum absolute atomic E-state index is 12.3. The predicted molar refractivity (Wildman–Crippen MR) is 113 cm³/mol. The number of benzene rings is 2. The van der Waals surface area contributed by atoms with Gasteiger partial charge in [-0.1, -0.05) is 31.2 Å². The molecule has 4 rings (SSSR count). The number of aryl methyl sites for hydroxylation is 1. The fraction of sp³-hybridized carbons (Fsp3) is 0.304. The van der Waals surface area contributed by atoms with Crippen molar-refractivity contribution in [3.63, 3.8) is 0 Å². The number of nitrogens with one attached hydrogen (secondary N) is 1. The summed E-state index contributed by atoms with van der Waals surface area (Å²) >= 11 is 0. The van der Waals surface area contributed by atoms with Crippen LogP contribution in [-0.4, -0.2) is 30.6 Å². The molecular formula is C23H25N3O2. The van der Waals surface area contributed by atoms with E-state index in [1.165, 1.54) is 18.4 Å². The van der Waals surface area contributed by atoms with E-state index in [0.29, 0.717) is 5.75 Å². The van der Waals surface area contributed by atoms with Crippen LogP contribution in [0.5, 0.6) is 5.75 Å². The third-order valence-corrected chi connectivity index (χ3v) is 5.10. The summed E-state index contributed by atoms with van der Waals surface area (Å²) in [5.74, 6) is 1.42. The summed E-state index contributed by atoms with van der Waals surface area (Å²) in [4.78, 5) is 19.4. The molecule has 1 fully saturated rings. The first-order chi connectivity index (χ1) is 13.7. The quantitative estimate of drug-likeness (QED) is 0.693. The van der Waals surface area contributed by atoms with Gasteiger partial charge in [0.2, 0.25) is 0 Å². The van der Waals surface area contributed by atoms with E-state index < -0.39 is 0 Å². The Morgan fingerprint density at radius 3 is 2.61 bits per heavy atom. The van der Waals surface area contributed by atoms with Gasteiger partial charge in [0.15, 0.2) is 6.61 Å². The zero-order chi connectivity index (χ0) is 19.3. The van der Waals surface area contributed by atoms with E-state index in [1.54, 1.807) is 0 Å². The van der Waals surface area contributed by atoms with E-state index in [-0.39, 0.29) is 12.5 Å². The number of pyridine rings is 1. The number of ether oxygens (including phenoxy) is 1. The highest BCUT2D eigenvalue weighted by Gasteiger charge is 2.15. The average Bonchev–Trinajstić information content (AvgIpc) is 3.27. The Balaban J connectivity index is 1.45. The highest BCUT2D eigenvalue weighted by Crippen LogP contribution is 2.27. The molecule has 28 heavy (non-hydrogen) atoms. The minimum absolute atomic E-state index is 0.0513. The molecule has 3 aromatic rings. The SMILES string of the molecule is CCc1ccc(NC(=O)COc2cccc3ccc(N4CCCC4)nc23)cc1. The molecule has 2 aromatic carbocycles. The Labute approximate surface area is 165 Å². The Kier molecular flexibility index (Phi) is 5.42. The van der Waals surface area contributed by atoms with Gasteiger partial charge in [0, 0.05) is 24.2 Å². The number of carbonyl (C=O) groups is 1. The molecule has 2 heterocycles. The van der Waals surface area contributed by atoms with Crippen molar-refractivity contribution in [2.24, 2.45) is 0 Å². The smallest absolute Gasteiger partial charge is 0.262 e. The van der Waals surface area contributed by atoms with Crippen LogP contribution < -0.4 is 15.0 Å². The van der Waals surface area contributed by atoms with Crippen molar-refractivity contribution in [3.05, 3.63) is 60.2 Å². The second-order valence-electron chi connectivity index (χ2n) is 7.08. The molecule has 0 aliphatic carbocycles. The molecule has 1 N–H and O–H groups in total. The third-order valence-electron chi connectivity index (χ3n) is 5.10. The van der Waals surface area contributed by atoms with Gasteiger partial charge in [0.05, 0.1) is 0 Å². The fourth-order valence-corrected chi connectivity index (χ4v) is 3.51. The normalized spacial score (nSPS) is 13.7. The summed E-state index contributed by atoms with van der Waals surface area (Å²) in [7, 11) is 0. The summed E-state index contributed by atoms with van der Waals surface area (Å²) in [6.45, 7) is 4.14. The molecular weight excluding hydrogens is 350 g/mol. The van der Waals surface area contributed by atoms with Gasteiger partial charge in [-0.05, 0) is 55.2 Å². The van der Waals surface area contributed by atoms with Crippen LogP contribution in [0.4, 0.5) is 11.5 Å². The fourth-order valence-electron chi connectivity index (χ4n) is 3.51. The van der Waals surface area contributed by atoms with Crippen molar-refractivity contribution in [1.82, 2.24) is 4.98 Å². The molecule has 1 saturated heterocycles. The van der Waals surface area contributed by atoms with E-state index in [4.69, 9.17) is 9.72 Å². The van der Waals surface area contributed by atoms with E-state index >= 15 is 0 Å². The Bertz CT molecular complexity index is 963. The topological polar surface area (TPSA) is 54.5 Å². The molecule has 0 radical (unpaired) electrons. The van der Waals surface area contributed by atoms with Gasteiger partial charge in [-0.25, -0.2) is 4.98 Å². The molecule has 0 bridgehead atoms. The summed E-state index contributed by atoms with van der Waals surface area (Å²) in [5.41, 5.74) is 2.81. The van der Waals surface area contributed by atoms with E-state index in [0.717, 1.165) is 41.9 Å². The molecule has 5 nitrogen and oxygen atoms in total. The van der Waals surface area contributed by atoms with Crippen LogP contribution in [0.15, 0.2) is 54.6 Å². The molecule has 1 aliphatic rings. The Morgan fingerprint density at radius 2 is 1.86 bits per heavy atom. The maximum Gasteiger partial charge on any atom is 0.262 e. The van der Waals surface area contributed by atoms with Crippen molar-refractivity contribution >= 4 is 28.3 Å². The summed E-state index contributed by atoms with van der Waals surface area (Å²) < 4.78 is 5.82. The number of hydrogen-bond acceptors (Lipinski definition) is 4. The van der Waals surface area contributed by atoms with Gasteiger partial charge in [-0.3, -0.25) is 4.79 Å². The lowest BCUT2D eigenvalue weighted by atomic mass is 10.1. The van der Waals surface area contributed by atoms with E-state index in [9.17, 15) is 4.79 Å². The lowest BCUT2D eigenvalue weighted by Crippen LogP contribution is -2.20. The second-order valence-corrected chi connectivity index (χ2v) is 7.08. The van der Waals surface area contributed by atoms with Crippen LogP contribution in [-0.2, 0) is 11.2 Å². The number of rotatable bonds is 6. The summed E-state index contributed by atoms with van der Waals surface area (Å²) in [6, 6.07) is 17.8. The molecule has 5 heteroatoms. The summed E-state index contributed by atoms with van der Waals surface area (Å²) in [5, 5.41) is 3.89. The molecule has 144 valence electrons. The number of fused-ring (bicyclic) bond motifs is 1. The number of aromatic nitrogens is 1. The molecule has 1 aromatic heterocycles. The zero-order valence-electron chi connectivity index (χ0n) is 16.1. The van der Waals surface area contributed by atoms with Crippen molar-refractivity contribution in [3.8, 4) is 5.75 Å². The Morgan fingerprint density at radius 1 is 1.07 bits per heavy atom. The molecule has 0 saturated carbocycles. The Hall–Kier alpha value is -3.08. The minimum atomic E-state index is -0.183. The number of anilines is 2. The standard InChI is InChI=1S/C23H25N3O2/c1-2-17-8-11-19(12-9-17)24-22(27)16-28-20-7-5-6-18-10-13-21(25-23(18)20)26-14-3-4-15-26/h5-13H,2-4,14-16H2,1H3,(H,24,27). The van der Waals surface area contributed by atoms with E-state index in [2.05, 4.69) is 29.3 Å². The first kappa shape index (κ1) is 18.3. The highest BCUT2D eigenvalue weighted by molar-refractivity contribution is 5.92. The average molecular weight is 375 g/mol. The monoisotopic (exact) mass is 375 g/mol. The van der Waals surface area contributed by atoms with Crippen molar-refractivity contribution in [2.75, 3.05) is 29.9 Å². The van der Waals surface area contributed by atoms with Crippen LogP contribution in [0.3, 0.4) is 0 Å². The number of hydrogen-bond donors (Lipinski definition) is 1. The van der Waals surface area contributed by atoms with Gasteiger partial charge < -0.3 is 15.0 Å². The number of para-hydroxylation sites is 1. The van der Waals surface area contributed by atoms with Gasteiger partial charge in [-0.2, -0.15) is 0 Å². The van der Waals surface area contributed by atoms with Crippen molar-refractivity contribution in [2.45, 2.75) is 26.2 Å². The number of amides is 1. The second kappa shape index (κ2) is 8.30. The lowest BCUT2D eigenvalue weighted by Gasteiger charge is -2.17. The highest BCUT2D eigenvalue weighted by atomic mass is 16.5. The van der Waals surface area contributed by atoms with Crippen molar-refractivity contribution in [1.29, 1.82) is 0 Å². The van der Waals surface area contributed by atoms with Crippen LogP contribution in [0, 0.1) is 0 Å². The van der Waals surface area contributed by atoms with Crippen LogP contribution >= 0.6 is 0 Å². The predicted octanol–water partition coefficient (Wildman–Crippen LogP) is 4.41. The van der Waals surface area contributed by atoms with Gasteiger partial charge in [0.25, 0.3) is 5.91 Å². The molecule has 0 unspecified atom stereocenters. The number of carbonyl (C=O) groups excluding carboxylic acids is 1. The largest absolute Gasteiger partial charge is 0.481 e. The molecule has 0 spiro atoms. The zero-order valence-corrected chi connectivity index (χ0v) is 16.1. The first-order valence-electron chi connectivity index (χ1n) is 9.89. The van der Waals surface area contributed by atoms with Crippen LogP contribution in [0.25, 0.3) is 10.9 Å². The maximum atomic E-state index is 12.3. The minimum Gasteiger partial charge on any atom is -0.481 e. The van der Waals surface area contributed by atoms with Crippen LogP contribution in [0.2, 0.25) is 0 Å². The first-order valence-corrected chi connectivity index (χ1v) is 9.89. The van der Waals surface area contributed by atoms with Gasteiger partial charge in [-0.15, -0.1) is 0 Å². The molecule has 1 amide bonds. The molecule has 1 aliphatic heterocycles. The van der Waals surface area contributed by atoms with Crippen molar-refractivity contribution < 1.29 is 9.53 Å². The van der Waals surface area contributed by atoms with Gasteiger partial charge >= 0.3 is 0 Å². The molecule has 0 atom stereocenters. The summed E-state index contributed by atoms with van der Waals surface area (Å²) in [6.07, 6.45) is 3.39.